The second kappa shape index (κ2) is 8.23. The van der Waals surface area contributed by atoms with Gasteiger partial charge in [-0.3, -0.25) is 0 Å². The Morgan fingerprint density at radius 2 is 1.44 bits per heavy atom. The summed E-state index contributed by atoms with van der Waals surface area (Å²) < 4.78 is 0. The third-order valence-electron chi connectivity index (χ3n) is 3.62. The van der Waals surface area contributed by atoms with Crippen molar-refractivity contribution < 1.29 is 0 Å². The van der Waals surface area contributed by atoms with Crippen molar-refractivity contribution in [3.63, 3.8) is 0 Å². The smallest absolute Gasteiger partial charge is 0.109 e. The third-order valence-corrected chi connectivity index (χ3v) is 3.62. The zero-order chi connectivity index (χ0) is 14.2. The molecule has 0 saturated heterocycles. The molecule has 0 unspecified atom stereocenters. The summed E-state index contributed by atoms with van der Waals surface area (Å²) in [5.74, 6) is 0.799. The zero-order valence-electron chi connectivity index (χ0n) is 13.3. The van der Waals surface area contributed by atoms with E-state index < -0.39 is 0 Å². The van der Waals surface area contributed by atoms with E-state index in [0.717, 1.165) is 19.0 Å². The number of rotatable bonds is 4. The highest BCUT2D eigenvalue weighted by Crippen LogP contribution is 2.28. The zero-order valence-corrected chi connectivity index (χ0v) is 13.3. The number of hydrogen-bond donors (Lipinski definition) is 0. The molecular weight excluding hydrogens is 217 g/mol. The molecule has 1 rings (SSSR count). The standard InChI is InChI=1S/C10H15N.C6H15B/c1-3-11(4-2)10-8-6-5-7-9-10;1-5(2)6(3,4)7/h5-9H,3-4H2,1-2H3;5H,7H2,1-4H3. The molecule has 1 aromatic rings. The van der Waals surface area contributed by atoms with Crippen LogP contribution in [-0.4, -0.2) is 20.9 Å². The molecule has 0 heterocycles. The van der Waals surface area contributed by atoms with E-state index in [9.17, 15) is 0 Å². The molecule has 0 aliphatic carbocycles. The Bertz CT molecular complexity index is 297. The van der Waals surface area contributed by atoms with E-state index >= 15 is 0 Å². The van der Waals surface area contributed by atoms with Crippen LogP contribution in [0.2, 0.25) is 5.31 Å². The molecule has 0 fully saturated rings. The maximum Gasteiger partial charge on any atom is 0.109 e. The van der Waals surface area contributed by atoms with Crippen molar-refractivity contribution in [3.8, 4) is 0 Å². The topological polar surface area (TPSA) is 3.24 Å². The Balaban J connectivity index is 0.000000360. The largest absolute Gasteiger partial charge is 0.372 e. The van der Waals surface area contributed by atoms with Crippen molar-refractivity contribution >= 4 is 13.5 Å². The summed E-state index contributed by atoms with van der Waals surface area (Å²) in [7, 11) is 2.26. The lowest BCUT2D eigenvalue weighted by atomic mass is 9.65. The first kappa shape index (κ1) is 17.1. The molecule has 0 atom stereocenters. The number of benzene rings is 1. The van der Waals surface area contributed by atoms with Gasteiger partial charge in [-0.25, -0.2) is 0 Å². The van der Waals surface area contributed by atoms with E-state index in [1.807, 2.05) is 6.07 Å². The lowest BCUT2D eigenvalue weighted by Gasteiger charge is -2.22. The van der Waals surface area contributed by atoms with Crippen molar-refractivity contribution in [1.82, 2.24) is 0 Å². The van der Waals surface area contributed by atoms with Crippen molar-refractivity contribution in [3.05, 3.63) is 30.3 Å². The minimum absolute atomic E-state index is 0.500. The highest BCUT2D eigenvalue weighted by molar-refractivity contribution is 6.14. The lowest BCUT2D eigenvalue weighted by Crippen LogP contribution is -2.21. The van der Waals surface area contributed by atoms with Crippen LogP contribution >= 0.6 is 0 Å². The van der Waals surface area contributed by atoms with Gasteiger partial charge in [-0.15, -0.1) is 0 Å². The molecule has 0 saturated carbocycles. The summed E-state index contributed by atoms with van der Waals surface area (Å²) in [5.41, 5.74) is 1.32. The Labute approximate surface area is 115 Å². The highest BCUT2D eigenvalue weighted by atomic mass is 15.1. The van der Waals surface area contributed by atoms with Gasteiger partial charge in [0.05, 0.1) is 0 Å². The van der Waals surface area contributed by atoms with Crippen LogP contribution in [0, 0.1) is 5.92 Å². The molecule has 0 bridgehead atoms. The van der Waals surface area contributed by atoms with Gasteiger partial charge >= 0.3 is 0 Å². The Morgan fingerprint density at radius 3 is 1.72 bits per heavy atom. The van der Waals surface area contributed by atoms with Crippen molar-refractivity contribution in [2.75, 3.05) is 18.0 Å². The third kappa shape index (κ3) is 6.73. The van der Waals surface area contributed by atoms with Crippen LogP contribution in [0.15, 0.2) is 30.3 Å². The molecule has 2 heteroatoms. The molecular formula is C16H30BN. The van der Waals surface area contributed by atoms with Crippen LogP contribution in [-0.2, 0) is 0 Å². The quantitative estimate of drug-likeness (QED) is 0.727. The first-order valence-corrected chi connectivity index (χ1v) is 7.12. The molecule has 1 aromatic carbocycles. The van der Waals surface area contributed by atoms with E-state index in [1.165, 1.54) is 5.69 Å². The Morgan fingerprint density at radius 1 is 1.06 bits per heavy atom. The van der Waals surface area contributed by atoms with Gasteiger partial charge in [-0.1, -0.05) is 51.2 Å². The van der Waals surface area contributed by atoms with E-state index in [2.05, 4.69) is 78.6 Å². The Kier molecular flexibility index (Phi) is 7.81. The molecule has 0 aromatic heterocycles. The number of anilines is 1. The molecule has 102 valence electrons. The van der Waals surface area contributed by atoms with Crippen LogP contribution in [0.1, 0.15) is 41.5 Å². The second-order valence-corrected chi connectivity index (χ2v) is 6.03. The average molecular weight is 247 g/mol. The molecule has 1 nitrogen and oxygen atoms in total. The first-order valence-electron chi connectivity index (χ1n) is 7.12. The van der Waals surface area contributed by atoms with E-state index in [1.54, 1.807) is 0 Å². The van der Waals surface area contributed by atoms with Crippen LogP contribution in [0.5, 0.6) is 0 Å². The summed E-state index contributed by atoms with van der Waals surface area (Å²) in [4.78, 5) is 2.33. The number of nitrogens with zero attached hydrogens (tertiary/aromatic N) is 1. The summed E-state index contributed by atoms with van der Waals surface area (Å²) in [5, 5.41) is 0.500. The normalized spacial score (nSPS) is 10.8. The molecule has 0 spiro atoms. The van der Waals surface area contributed by atoms with Gasteiger partial charge in [-0.2, -0.15) is 0 Å². The van der Waals surface area contributed by atoms with Crippen LogP contribution in [0.3, 0.4) is 0 Å². The van der Waals surface area contributed by atoms with Gasteiger partial charge in [-0.05, 0) is 31.9 Å². The summed E-state index contributed by atoms with van der Waals surface area (Å²) in [6.07, 6.45) is 0. The van der Waals surface area contributed by atoms with Crippen LogP contribution in [0.25, 0.3) is 0 Å². The summed E-state index contributed by atoms with van der Waals surface area (Å²) in [6, 6.07) is 10.5. The summed E-state index contributed by atoms with van der Waals surface area (Å²) >= 11 is 0. The van der Waals surface area contributed by atoms with E-state index in [0.29, 0.717) is 5.31 Å². The van der Waals surface area contributed by atoms with Crippen LogP contribution < -0.4 is 4.90 Å². The fourth-order valence-corrected chi connectivity index (χ4v) is 1.23. The van der Waals surface area contributed by atoms with E-state index in [-0.39, 0.29) is 0 Å². The van der Waals surface area contributed by atoms with E-state index in [4.69, 9.17) is 0 Å². The van der Waals surface area contributed by atoms with Crippen molar-refractivity contribution in [2.45, 2.75) is 46.9 Å². The number of para-hydroxylation sites is 1. The van der Waals surface area contributed by atoms with Gasteiger partial charge in [0, 0.05) is 18.8 Å². The monoisotopic (exact) mass is 247 g/mol. The minimum Gasteiger partial charge on any atom is -0.372 e. The SMILES string of the molecule is BC(C)(C)C(C)C.CCN(CC)c1ccccc1. The predicted molar refractivity (Wildman–Crippen MR) is 87.4 cm³/mol. The van der Waals surface area contributed by atoms with Gasteiger partial charge in [0.2, 0.25) is 0 Å². The summed E-state index contributed by atoms with van der Waals surface area (Å²) in [6.45, 7) is 15.5. The van der Waals surface area contributed by atoms with Gasteiger partial charge in [0.15, 0.2) is 0 Å². The molecule has 0 aliphatic rings. The van der Waals surface area contributed by atoms with Gasteiger partial charge in [0.25, 0.3) is 0 Å². The lowest BCUT2D eigenvalue weighted by molar-refractivity contribution is 0.480. The molecule has 0 aliphatic heterocycles. The second-order valence-electron chi connectivity index (χ2n) is 6.03. The first-order chi connectivity index (χ1) is 8.32. The average Bonchev–Trinajstić information content (AvgIpc) is 2.31. The molecule has 0 N–H and O–H groups in total. The molecule has 0 amide bonds. The fourth-order valence-electron chi connectivity index (χ4n) is 1.23. The number of hydrogen-bond acceptors (Lipinski definition) is 1. The van der Waals surface area contributed by atoms with Crippen molar-refractivity contribution in [1.29, 1.82) is 0 Å². The maximum absolute atomic E-state index is 2.33. The minimum atomic E-state index is 0.500. The fraction of sp³-hybridized carbons (Fsp3) is 0.625. The van der Waals surface area contributed by atoms with Gasteiger partial charge < -0.3 is 4.90 Å². The predicted octanol–water partition coefficient (Wildman–Crippen LogP) is 4.01. The Hall–Kier alpha value is -0.915. The van der Waals surface area contributed by atoms with Crippen molar-refractivity contribution in [2.24, 2.45) is 5.92 Å². The van der Waals surface area contributed by atoms with Gasteiger partial charge in [0.1, 0.15) is 7.85 Å². The highest BCUT2D eigenvalue weighted by Gasteiger charge is 2.13. The van der Waals surface area contributed by atoms with Crippen LogP contribution in [0.4, 0.5) is 5.69 Å². The maximum atomic E-state index is 2.33. The molecule has 0 radical (unpaired) electrons. The molecule has 18 heavy (non-hydrogen) atoms.